The number of benzene rings is 2. The number of ether oxygens (including phenoxy) is 1. The molecule has 0 atom stereocenters. The molecule has 1 N–H and O–H groups in total. The standard InChI is InChI=1S/C22H19N3O3/c1-2-28-22(27)19-18(14-8-9-14)20-21(26)23-17(12-25(20)24-19)16-10-7-13-5-3-4-6-15(13)11-16/h3-7,10-12,14H,2,8-9H2,1H3,(H,23,26). The van der Waals surface area contributed by atoms with Crippen molar-refractivity contribution in [2.24, 2.45) is 0 Å². The smallest absolute Gasteiger partial charge is 0.359 e. The van der Waals surface area contributed by atoms with Gasteiger partial charge in [-0.05, 0) is 42.5 Å². The largest absolute Gasteiger partial charge is 0.461 e. The summed E-state index contributed by atoms with van der Waals surface area (Å²) >= 11 is 0. The molecule has 1 aliphatic rings. The predicted octanol–water partition coefficient (Wildman–Crippen LogP) is 3.90. The van der Waals surface area contributed by atoms with Crippen LogP contribution in [0.15, 0.2) is 53.5 Å². The van der Waals surface area contributed by atoms with Crippen LogP contribution in [0.3, 0.4) is 0 Å². The average Bonchev–Trinajstić information content (AvgIpc) is 3.47. The van der Waals surface area contributed by atoms with E-state index in [2.05, 4.69) is 10.1 Å². The monoisotopic (exact) mass is 373 g/mol. The zero-order valence-electron chi connectivity index (χ0n) is 15.4. The van der Waals surface area contributed by atoms with E-state index >= 15 is 0 Å². The highest BCUT2D eigenvalue weighted by atomic mass is 16.5. The Kier molecular flexibility index (Phi) is 3.79. The SMILES string of the molecule is CCOC(=O)c1nn2cc(-c3ccc4ccccc4c3)[nH]c(=O)c2c1C1CC1. The molecule has 2 heterocycles. The number of carbonyl (C=O) groups is 1. The fourth-order valence-electron chi connectivity index (χ4n) is 3.72. The van der Waals surface area contributed by atoms with Crippen molar-refractivity contribution in [3.05, 3.63) is 70.3 Å². The highest BCUT2D eigenvalue weighted by molar-refractivity contribution is 5.92. The summed E-state index contributed by atoms with van der Waals surface area (Å²) in [7, 11) is 0. The number of fused-ring (bicyclic) bond motifs is 2. The van der Waals surface area contributed by atoms with Gasteiger partial charge in [-0.2, -0.15) is 5.10 Å². The molecule has 6 nitrogen and oxygen atoms in total. The summed E-state index contributed by atoms with van der Waals surface area (Å²) in [5.41, 5.74) is 2.71. The summed E-state index contributed by atoms with van der Waals surface area (Å²) < 4.78 is 6.68. The number of nitrogens with one attached hydrogen (secondary N) is 1. The molecule has 28 heavy (non-hydrogen) atoms. The zero-order chi connectivity index (χ0) is 19.3. The number of rotatable bonds is 4. The topological polar surface area (TPSA) is 76.5 Å². The van der Waals surface area contributed by atoms with Gasteiger partial charge in [0.15, 0.2) is 5.69 Å². The van der Waals surface area contributed by atoms with Gasteiger partial charge in [0, 0.05) is 11.1 Å². The van der Waals surface area contributed by atoms with Crippen LogP contribution in [0.4, 0.5) is 0 Å². The fraction of sp³-hybridized carbons (Fsp3) is 0.227. The van der Waals surface area contributed by atoms with Crippen LogP contribution in [0.1, 0.15) is 41.7 Å². The molecule has 2 aromatic heterocycles. The van der Waals surface area contributed by atoms with E-state index in [1.807, 2.05) is 42.5 Å². The first-order valence-electron chi connectivity index (χ1n) is 9.47. The lowest BCUT2D eigenvalue weighted by Gasteiger charge is -2.05. The molecule has 1 saturated carbocycles. The Balaban J connectivity index is 1.69. The minimum absolute atomic E-state index is 0.199. The van der Waals surface area contributed by atoms with Crippen molar-refractivity contribution in [3.8, 4) is 11.3 Å². The third-order valence-electron chi connectivity index (χ3n) is 5.18. The maximum Gasteiger partial charge on any atom is 0.359 e. The molecule has 0 spiro atoms. The van der Waals surface area contributed by atoms with Crippen LogP contribution in [-0.2, 0) is 4.74 Å². The molecule has 4 aromatic rings. The minimum Gasteiger partial charge on any atom is -0.461 e. The highest BCUT2D eigenvalue weighted by Gasteiger charge is 2.34. The van der Waals surface area contributed by atoms with Crippen LogP contribution in [-0.4, -0.2) is 27.2 Å². The maximum atomic E-state index is 12.9. The summed E-state index contributed by atoms with van der Waals surface area (Å²) in [6.45, 7) is 2.03. The lowest BCUT2D eigenvalue weighted by molar-refractivity contribution is 0.0517. The van der Waals surface area contributed by atoms with Crippen LogP contribution in [0.25, 0.3) is 27.5 Å². The normalized spacial score (nSPS) is 13.9. The van der Waals surface area contributed by atoms with Crippen molar-refractivity contribution < 1.29 is 9.53 Å². The van der Waals surface area contributed by atoms with Crippen LogP contribution >= 0.6 is 0 Å². The predicted molar refractivity (Wildman–Crippen MR) is 107 cm³/mol. The van der Waals surface area contributed by atoms with Gasteiger partial charge in [0.25, 0.3) is 5.56 Å². The summed E-state index contributed by atoms with van der Waals surface area (Å²) in [5, 5.41) is 6.65. The maximum absolute atomic E-state index is 12.9. The first-order valence-corrected chi connectivity index (χ1v) is 9.47. The van der Waals surface area contributed by atoms with Crippen LogP contribution in [0.5, 0.6) is 0 Å². The first kappa shape index (κ1) is 16.7. The summed E-state index contributed by atoms with van der Waals surface area (Å²) in [5.74, 6) is -0.274. The van der Waals surface area contributed by atoms with Gasteiger partial charge in [-0.1, -0.05) is 36.4 Å². The Hall–Kier alpha value is -3.41. The van der Waals surface area contributed by atoms with E-state index in [0.717, 1.165) is 29.2 Å². The van der Waals surface area contributed by atoms with E-state index in [-0.39, 0.29) is 23.8 Å². The summed E-state index contributed by atoms with van der Waals surface area (Å²) in [4.78, 5) is 28.3. The summed E-state index contributed by atoms with van der Waals surface area (Å²) in [6.07, 6.45) is 3.69. The Morgan fingerprint density at radius 2 is 2.00 bits per heavy atom. The number of carbonyl (C=O) groups excluding carboxylic acids is 1. The third kappa shape index (κ3) is 2.69. The lowest BCUT2D eigenvalue weighted by Crippen LogP contribution is -2.12. The van der Waals surface area contributed by atoms with E-state index in [1.165, 1.54) is 4.52 Å². The second-order valence-corrected chi connectivity index (χ2v) is 7.11. The van der Waals surface area contributed by atoms with Gasteiger partial charge in [-0.25, -0.2) is 9.31 Å². The first-order chi connectivity index (χ1) is 13.7. The van der Waals surface area contributed by atoms with Gasteiger partial charge in [0.05, 0.1) is 18.5 Å². The van der Waals surface area contributed by atoms with Crippen molar-refractivity contribution in [1.29, 1.82) is 0 Å². The molecule has 0 aliphatic heterocycles. The highest BCUT2D eigenvalue weighted by Crippen LogP contribution is 2.43. The van der Waals surface area contributed by atoms with E-state index in [0.29, 0.717) is 16.8 Å². The Morgan fingerprint density at radius 3 is 2.75 bits per heavy atom. The number of hydrogen-bond donors (Lipinski definition) is 1. The molecular formula is C22H19N3O3. The molecule has 0 saturated heterocycles. The van der Waals surface area contributed by atoms with Gasteiger partial charge in [0.2, 0.25) is 0 Å². The molecule has 140 valence electrons. The molecule has 6 heteroatoms. The average molecular weight is 373 g/mol. The molecule has 1 fully saturated rings. The van der Waals surface area contributed by atoms with Crippen molar-refractivity contribution >= 4 is 22.3 Å². The number of H-pyrrole nitrogens is 1. The van der Waals surface area contributed by atoms with Gasteiger partial charge in [-0.15, -0.1) is 0 Å². The summed E-state index contributed by atoms with van der Waals surface area (Å²) in [6, 6.07) is 14.1. The second kappa shape index (κ2) is 6.34. The van der Waals surface area contributed by atoms with Gasteiger partial charge < -0.3 is 9.72 Å². The van der Waals surface area contributed by atoms with Crippen molar-refractivity contribution in [3.63, 3.8) is 0 Å². The Labute approximate surface area is 160 Å². The second-order valence-electron chi connectivity index (χ2n) is 7.11. The van der Waals surface area contributed by atoms with Crippen LogP contribution < -0.4 is 5.56 Å². The molecule has 2 aromatic carbocycles. The molecule has 0 unspecified atom stereocenters. The molecule has 5 rings (SSSR count). The van der Waals surface area contributed by atoms with Crippen molar-refractivity contribution in [2.75, 3.05) is 6.61 Å². The number of hydrogen-bond acceptors (Lipinski definition) is 4. The van der Waals surface area contributed by atoms with Gasteiger partial charge in [0.1, 0.15) is 5.52 Å². The fourth-order valence-corrected chi connectivity index (χ4v) is 3.72. The number of aromatic amines is 1. The Bertz CT molecular complexity index is 1280. The quantitative estimate of drug-likeness (QED) is 0.551. The van der Waals surface area contributed by atoms with E-state index < -0.39 is 5.97 Å². The van der Waals surface area contributed by atoms with Crippen LogP contribution in [0, 0.1) is 0 Å². The van der Waals surface area contributed by atoms with E-state index in [4.69, 9.17) is 4.74 Å². The number of nitrogens with zero attached hydrogens (tertiary/aromatic N) is 2. The number of esters is 1. The van der Waals surface area contributed by atoms with Gasteiger partial charge in [-0.3, -0.25) is 4.79 Å². The third-order valence-corrected chi connectivity index (χ3v) is 5.18. The number of aromatic nitrogens is 3. The van der Waals surface area contributed by atoms with Gasteiger partial charge >= 0.3 is 5.97 Å². The lowest BCUT2D eigenvalue weighted by atomic mass is 10.1. The van der Waals surface area contributed by atoms with Crippen LogP contribution in [0.2, 0.25) is 0 Å². The molecule has 0 radical (unpaired) electrons. The van der Waals surface area contributed by atoms with Crippen molar-refractivity contribution in [2.45, 2.75) is 25.7 Å². The molecule has 0 amide bonds. The van der Waals surface area contributed by atoms with E-state index in [9.17, 15) is 9.59 Å². The van der Waals surface area contributed by atoms with Crippen molar-refractivity contribution in [1.82, 2.24) is 14.6 Å². The molecule has 1 aliphatic carbocycles. The Morgan fingerprint density at radius 1 is 1.21 bits per heavy atom. The molecular weight excluding hydrogens is 354 g/mol. The van der Waals surface area contributed by atoms with E-state index in [1.54, 1.807) is 13.1 Å². The zero-order valence-corrected chi connectivity index (χ0v) is 15.4. The molecule has 0 bridgehead atoms. The minimum atomic E-state index is -0.472.